The summed E-state index contributed by atoms with van der Waals surface area (Å²) in [7, 11) is -2.36. The van der Waals surface area contributed by atoms with Crippen LogP contribution in [0.5, 0.6) is 5.75 Å². The summed E-state index contributed by atoms with van der Waals surface area (Å²) < 4.78 is 59.8. The monoisotopic (exact) mass is 448 g/mol. The summed E-state index contributed by atoms with van der Waals surface area (Å²) in [6, 6.07) is 11.4. The van der Waals surface area contributed by atoms with E-state index in [1.165, 1.54) is 23.5 Å². The summed E-state index contributed by atoms with van der Waals surface area (Å²) in [4.78, 5) is 7.88. The van der Waals surface area contributed by atoms with Crippen molar-refractivity contribution in [1.82, 2.24) is 14.3 Å². The molecular formula is C21H22F2N4O3S. The van der Waals surface area contributed by atoms with Crippen molar-refractivity contribution in [2.45, 2.75) is 30.6 Å². The van der Waals surface area contributed by atoms with Crippen LogP contribution in [0, 0.1) is 0 Å². The number of hydrogen-bond acceptors (Lipinski definition) is 6. The van der Waals surface area contributed by atoms with E-state index in [1.807, 2.05) is 0 Å². The Balaban J connectivity index is 1.76. The minimum Gasteiger partial charge on any atom is -0.495 e. The number of rotatable bonds is 6. The lowest BCUT2D eigenvalue weighted by Gasteiger charge is -2.26. The van der Waals surface area contributed by atoms with Gasteiger partial charge < -0.3 is 10.1 Å². The third-order valence-corrected chi connectivity index (χ3v) is 7.09. The maximum atomic E-state index is 13.3. The molecule has 0 unspecified atom stereocenters. The summed E-state index contributed by atoms with van der Waals surface area (Å²) in [5, 5.41) is 3.53. The fourth-order valence-corrected chi connectivity index (χ4v) is 5.32. The van der Waals surface area contributed by atoms with Crippen molar-refractivity contribution in [3.8, 4) is 5.75 Å². The molecule has 10 heteroatoms. The average Bonchev–Trinajstić information content (AvgIpc) is 2.79. The predicted octanol–water partition coefficient (Wildman–Crippen LogP) is 4.49. The molecule has 0 aliphatic carbocycles. The minimum atomic E-state index is -3.77. The number of hydrogen-bond donors (Lipinski definition) is 1. The van der Waals surface area contributed by atoms with Gasteiger partial charge in [0.05, 0.1) is 12.6 Å². The molecular weight excluding hydrogens is 426 g/mol. The van der Waals surface area contributed by atoms with E-state index in [9.17, 15) is 17.2 Å². The predicted molar refractivity (Wildman–Crippen MR) is 113 cm³/mol. The molecule has 2 heterocycles. The molecule has 0 radical (unpaired) electrons. The largest absolute Gasteiger partial charge is 0.495 e. The number of sulfonamides is 1. The highest BCUT2D eigenvalue weighted by atomic mass is 32.2. The number of methoxy groups -OCH3 is 1. The molecule has 0 atom stereocenters. The van der Waals surface area contributed by atoms with Gasteiger partial charge in [-0.05, 0) is 43.2 Å². The Bertz CT molecular complexity index is 1200. The number of ether oxygens (including phenoxy) is 1. The maximum absolute atomic E-state index is 13.3. The van der Waals surface area contributed by atoms with Gasteiger partial charge in [0.1, 0.15) is 16.5 Å². The second-order valence-corrected chi connectivity index (χ2v) is 9.11. The first-order valence-electron chi connectivity index (χ1n) is 9.90. The Labute approximate surface area is 179 Å². The van der Waals surface area contributed by atoms with Crippen molar-refractivity contribution in [2.24, 2.45) is 0 Å². The van der Waals surface area contributed by atoms with E-state index < -0.39 is 22.3 Å². The fraction of sp³-hybridized carbons (Fsp3) is 0.333. The van der Waals surface area contributed by atoms with Crippen molar-refractivity contribution in [2.75, 3.05) is 25.5 Å². The molecule has 1 aliphatic rings. The first-order chi connectivity index (χ1) is 14.9. The molecule has 164 valence electrons. The number of anilines is 2. The molecule has 31 heavy (non-hydrogen) atoms. The van der Waals surface area contributed by atoms with Crippen molar-refractivity contribution in [3.05, 3.63) is 48.3 Å². The number of alkyl halides is 2. The van der Waals surface area contributed by atoms with Crippen LogP contribution in [0.3, 0.4) is 0 Å². The van der Waals surface area contributed by atoms with Crippen LogP contribution in [-0.2, 0) is 10.0 Å². The molecule has 1 N–H and O–H groups in total. The number of piperidine rings is 1. The standard InChI is InChI=1S/C21H22F2N4O3S/c1-30-17-10-9-14(13-18(17)31(28,29)27-11-5-2-6-12-27)24-20-15-7-3-4-8-16(15)25-21(26-20)19(22)23/h3-4,7-10,13,19H,2,5-6,11-12H2,1H3,(H,24,25,26). The van der Waals surface area contributed by atoms with Gasteiger partial charge in [-0.1, -0.05) is 18.6 Å². The van der Waals surface area contributed by atoms with E-state index in [-0.39, 0.29) is 16.5 Å². The van der Waals surface area contributed by atoms with Gasteiger partial charge in [-0.15, -0.1) is 0 Å². The third-order valence-electron chi connectivity index (χ3n) is 5.17. The Morgan fingerprint density at radius 2 is 1.81 bits per heavy atom. The zero-order valence-electron chi connectivity index (χ0n) is 16.9. The van der Waals surface area contributed by atoms with Crippen LogP contribution in [-0.4, -0.2) is 42.9 Å². The second-order valence-electron chi connectivity index (χ2n) is 7.20. The second kappa shape index (κ2) is 8.72. The van der Waals surface area contributed by atoms with Crippen molar-refractivity contribution < 1.29 is 21.9 Å². The average molecular weight is 448 g/mol. The van der Waals surface area contributed by atoms with Crippen LogP contribution in [0.4, 0.5) is 20.3 Å². The molecule has 3 aromatic rings. The van der Waals surface area contributed by atoms with Crippen LogP contribution >= 0.6 is 0 Å². The van der Waals surface area contributed by atoms with E-state index in [0.29, 0.717) is 29.7 Å². The minimum absolute atomic E-state index is 0.0225. The van der Waals surface area contributed by atoms with Crippen LogP contribution in [0.15, 0.2) is 47.4 Å². The number of aromatic nitrogens is 2. The van der Waals surface area contributed by atoms with Crippen LogP contribution < -0.4 is 10.1 Å². The smallest absolute Gasteiger partial charge is 0.297 e. The highest BCUT2D eigenvalue weighted by Gasteiger charge is 2.29. The lowest BCUT2D eigenvalue weighted by molar-refractivity contribution is 0.141. The lowest BCUT2D eigenvalue weighted by Crippen LogP contribution is -2.35. The molecule has 1 saturated heterocycles. The van der Waals surface area contributed by atoms with E-state index in [1.54, 1.807) is 30.3 Å². The molecule has 0 bridgehead atoms. The molecule has 0 saturated carbocycles. The Hall–Kier alpha value is -2.85. The molecule has 2 aromatic carbocycles. The lowest BCUT2D eigenvalue weighted by atomic mass is 10.2. The van der Waals surface area contributed by atoms with Gasteiger partial charge in [-0.25, -0.2) is 27.2 Å². The van der Waals surface area contributed by atoms with E-state index in [4.69, 9.17) is 4.74 Å². The SMILES string of the molecule is COc1ccc(Nc2nc(C(F)F)nc3ccccc23)cc1S(=O)(=O)N1CCCCC1. The highest BCUT2D eigenvalue weighted by Crippen LogP contribution is 2.33. The number of nitrogens with one attached hydrogen (secondary N) is 1. The number of nitrogens with zero attached hydrogens (tertiary/aromatic N) is 3. The first-order valence-corrected chi connectivity index (χ1v) is 11.3. The molecule has 1 fully saturated rings. The van der Waals surface area contributed by atoms with Crippen LogP contribution in [0.2, 0.25) is 0 Å². The number of benzene rings is 2. The molecule has 7 nitrogen and oxygen atoms in total. The van der Waals surface area contributed by atoms with Crippen LogP contribution in [0.25, 0.3) is 10.9 Å². The van der Waals surface area contributed by atoms with Gasteiger partial charge in [0.2, 0.25) is 10.0 Å². The molecule has 1 aliphatic heterocycles. The van der Waals surface area contributed by atoms with Crippen molar-refractivity contribution in [3.63, 3.8) is 0 Å². The van der Waals surface area contributed by atoms with E-state index >= 15 is 0 Å². The summed E-state index contributed by atoms with van der Waals surface area (Å²) in [6.07, 6.45) is -0.222. The van der Waals surface area contributed by atoms with Gasteiger partial charge in [0.15, 0.2) is 5.82 Å². The molecule has 0 spiro atoms. The van der Waals surface area contributed by atoms with Crippen molar-refractivity contribution in [1.29, 1.82) is 0 Å². The molecule has 0 amide bonds. The molecule has 4 rings (SSSR count). The first kappa shape index (κ1) is 21.4. The number of fused-ring (bicyclic) bond motifs is 1. The van der Waals surface area contributed by atoms with E-state index in [0.717, 1.165) is 19.3 Å². The van der Waals surface area contributed by atoms with Gasteiger partial charge in [0, 0.05) is 24.2 Å². The third kappa shape index (κ3) is 4.31. The topological polar surface area (TPSA) is 84.4 Å². The van der Waals surface area contributed by atoms with Gasteiger partial charge in [0.25, 0.3) is 6.43 Å². The summed E-state index contributed by atoms with van der Waals surface area (Å²) in [5.74, 6) is -0.208. The van der Waals surface area contributed by atoms with Crippen LogP contribution in [0.1, 0.15) is 31.5 Å². The Kier molecular flexibility index (Phi) is 6.01. The fourth-order valence-electron chi connectivity index (χ4n) is 3.62. The maximum Gasteiger partial charge on any atom is 0.297 e. The van der Waals surface area contributed by atoms with Gasteiger partial charge >= 0.3 is 0 Å². The van der Waals surface area contributed by atoms with Gasteiger partial charge in [-0.3, -0.25) is 0 Å². The number of para-hydroxylation sites is 1. The zero-order chi connectivity index (χ0) is 22.0. The van der Waals surface area contributed by atoms with E-state index in [2.05, 4.69) is 15.3 Å². The highest BCUT2D eigenvalue weighted by molar-refractivity contribution is 7.89. The number of halogens is 2. The summed E-state index contributed by atoms with van der Waals surface area (Å²) >= 11 is 0. The molecule has 1 aromatic heterocycles. The summed E-state index contributed by atoms with van der Waals surface area (Å²) in [6.45, 7) is 0.912. The summed E-state index contributed by atoms with van der Waals surface area (Å²) in [5.41, 5.74) is 0.755. The Morgan fingerprint density at radius 3 is 2.52 bits per heavy atom. The normalized spacial score (nSPS) is 15.4. The quantitative estimate of drug-likeness (QED) is 0.598. The van der Waals surface area contributed by atoms with Gasteiger partial charge in [-0.2, -0.15) is 4.31 Å². The Morgan fingerprint density at radius 1 is 1.06 bits per heavy atom. The van der Waals surface area contributed by atoms with Crippen molar-refractivity contribution >= 4 is 32.4 Å². The zero-order valence-corrected chi connectivity index (χ0v) is 17.7.